The van der Waals surface area contributed by atoms with Crippen molar-refractivity contribution < 1.29 is 0 Å². The average molecular weight is 252 g/mol. The lowest BCUT2D eigenvalue weighted by molar-refractivity contribution is 0.287. The van der Waals surface area contributed by atoms with Crippen molar-refractivity contribution >= 4 is 11.8 Å². The van der Waals surface area contributed by atoms with Gasteiger partial charge in [0, 0.05) is 31.5 Å². The first-order chi connectivity index (χ1) is 8.29. The molecule has 0 unspecified atom stereocenters. The molecule has 0 aliphatic carbocycles. The quantitative estimate of drug-likeness (QED) is 0.802. The van der Waals surface area contributed by atoms with Gasteiger partial charge < -0.3 is 5.32 Å². The molecule has 0 amide bonds. The Kier molecular flexibility index (Phi) is 4.76. The Balaban J connectivity index is 1.90. The van der Waals surface area contributed by atoms with E-state index in [4.69, 9.17) is 0 Å². The normalized spacial score (nSPS) is 20.1. The summed E-state index contributed by atoms with van der Waals surface area (Å²) in [6.07, 6.45) is 8.18. The summed E-state index contributed by atoms with van der Waals surface area (Å²) in [6.45, 7) is 3.13. The van der Waals surface area contributed by atoms with Gasteiger partial charge in [-0.2, -0.15) is 0 Å². The monoisotopic (exact) mass is 252 g/mol. The van der Waals surface area contributed by atoms with Gasteiger partial charge in [-0.15, -0.1) is 11.8 Å². The van der Waals surface area contributed by atoms with E-state index in [-0.39, 0.29) is 0 Å². The van der Waals surface area contributed by atoms with E-state index in [0.29, 0.717) is 6.04 Å². The minimum Gasteiger partial charge on any atom is -0.313 e. The fourth-order valence-corrected chi connectivity index (χ4v) is 2.76. The number of nitrogens with zero attached hydrogens (tertiary/aromatic N) is 3. The largest absolute Gasteiger partial charge is 0.313 e. The van der Waals surface area contributed by atoms with Crippen LogP contribution in [0.25, 0.3) is 0 Å². The predicted octanol–water partition coefficient (Wildman–Crippen LogP) is 1.38. The Morgan fingerprint density at radius 3 is 3.00 bits per heavy atom. The number of hydrogen-bond donors (Lipinski definition) is 1. The zero-order valence-electron chi connectivity index (χ0n) is 10.5. The second-order valence-corrected chi connectivity index (χ2v) is 5.30. The molecule has 1 saturated heterocycles. The van der Waals surface area contributed by atoms with Crippen LogP contribution < -0.4 is 5.32 Å². The van der Waals surface area contributed by atoms with Crippen molar-refractivity contribution in [3.8, 4) is 0 Å². The van der Waals surface area contributed by atoms with E-state index in [2.05, 4.69) is 27.2 Å². The van der Waals surface area contributed by atoms with Gasteiger partial charge in [-0.25, -0.2) is 4.98 Å². The molecule has 1 aliphatic rings. The van der Waals surface area contributed by atoms with Gasteiger partial charge >= 0.3 is 0 Å². The highest BCUT2D eigenvalue weighted by Gasteiger charge is 2.16. The number of aromatic nitrogens is 2. The van der Waals surface area contributed by atoms with Crippen molar-refractivity contribution in [3.05, 3.63) is 18.1 Å². The van der Waals surface area contributed by atoms with Crippen molar-refractivity contribution in [2.24, 2.45) is 0 Å². The molecule has 0 saturated carbocycles. The van der Waals surface area contributed by atoms with Crippen LogP contribution in [0.4, 0.5) is 0 Å². The van der Waals surface area contributed by atoms with Crippen LogP contribution in [-0.2, 0) is 6.54 Å². The molecule has 1 atom stereocenters. The molecule has 1 fully saturated rings. The topological polar surface area (TPSA) is 41.1 Å². The maximum absolute atomic E-state index is 4.42. The molecule has 5 heteroatoms. The van der Waals surface area contributed by atoms with Crippen LogP contribution in [0, 0.1) is 0 Å². The third-order valence-electron chi connectivity index (χ3n) is 3.04. The van der Waals surface area contributed by atoms with Crippen LogP contribution >= 0.6 is 11.8 Å². The predicted molar refractivity (Wildman–Crippen MR) is 71.2 cm³/mol. The van der Waals surface area contributed by atoms with E-state index in [9.17, 15) is 0 Å². The van der Waals surface area contributed by atoms with E-state index in [0.717, 1.165) is 23.8 Å². The number of likely N-dealkylation sites (N-methyl/N-ethyl adjacent to an activating group) is 1. The number of rotatable bonds is 5. The van der Waals surface area contributed by atoms with Crippen molar-refractivity contribution in [3.63, 3.8) is 0 Å². The summed E-state index contributed by atoms with van der Waals surface area (Å²) >= 11 is 1.66. The van der Waals surface area contributed by atoms with Gasteiger partial charge in [-0.05, 0) is 32.7 Å². The van der Waals surface area contributed by atoms with Crippen LogP contribution in [0.1, 0.15) is 18.5 Å². The lowest BCUT2D eigenvalue weighted by Crippen LogP contribution is -2.35. The molecule has 1 aromatic heterocycles. The zero-order valence-corrected chi connectivity index (χ0v) is 11.3. The van der Waals surface area contributed by atoms with Crippen LogP contribution in [0.2, 0.25) is 0 Å². The maximum Gasteiger partial charge on any atom is 0.119 e. The first-order valence-corrected chi connectivity index (χ1v) is 7.28. The summed E-state index contributed by atoms with van der Waals surface area (Å²) < 4.78 is 0. The molecule has 0 bridgehead atoms. The molecule has 1 aromatic rings. The zero-order chi connectivity index (χ0) is 12.1. The van der Waals surface area contributed by atoms with Crippen LogP contribution in [-0.4, -0.2) is 47.3 Å². The number of hydrogen-bond acceptors (Lipinski definition) is 5. The highest BCUT2D eigenvalue weighted by atomic mass is 32.2. The molecule has 17 heavy (non-hydrogen) atoms. The first kappa shape index (κ1) is 12.8. The highest BCUT2D eigenvalue weighted by molar-refractivity contribution is 7.98. The molecule has 2 rings (SSSR count). The third-order valence-corrected chi connectivity index (χ3v) is 3.77. The summed E-state index contributed by atoms with van der Waals surface area (Å²) in [4.78, 5) is 11.1. The number of nitrogens with one attached hydrogen (secondary N) is 1. The fourth-order valence-electron chi connectivity index (χ4n) is 2.24. The molecule has 1 N–H and O–H groups in total. The van der Waals surface area contributed by atoms with Gasteiger partial charge in [-0.3, -0.25) is 9.88 Å². The minimum absolute atomic E-state index is 0.648. The molecule has 1 aliphatic heterocycles. The summed E-state index contributed by atoms with van der Waals surface area (Å²) in [7, 11) is 2.15. The van der Waals surface area contributed by atoms with Crippen LogP contribution in [0.3, 0.4) is 0 Å². The molecule has 4 nitrogen and oxygen atoms in total. The standard InChI is InChI=1S/C12H20N4S/c1-16(8-10-4-3-5-13-10)9-11-12(17-2)15-7-6-14-11/h6-7,10,13H,3-5,8-9H2,1-2H3/t10-/m1/s1. The van der Waals surface area contributed by atoms with Gasteiger partial charge in [0.2, 0.25) is 0 Å². The second kappa shape index (κ2) is 6.33. The third kappa shape index (κ3) is 3.66. The fraction of sp³-hybridized carbons (Fsp3) is 0.667. The second-order valence-electron chi connectivity index (χ2n) is 4.50. The van der Waals surface area contributed by atoms with E-state index < -0.39 is 0 Å². The summed E-state index contributed by atoms with van der Waals surface area (Å²) in [5.74, 6) is 0. The Hall–Kier alpha value is -0.650. The SMILES string of the molecule is CSc1nccnc1CN(C)C[C@H]1CCCN1. The molecule has 0 aromatic carbocycles. The highest BCUT2D eigenvalue weighted by Crippen LogP contribution is 2.16. The molecular weight excluding hydrogens is 232 g/mol. The van der Waals surface area contributed by atoms with Gasteiger partial charge in [0.25, 0.3) is 0 Å². The van der Waals surface area contributed by atoms with E-state index >= 15 is 0 Å². The average Bonchev–Trinajstić information content (AvgIpc) is 2.82. The van der Waals surface area contributed by atoms with E-state index in [1.165, 1.54) is 19.4 Å². The maximum atomic E-state index is 4.42. The van der Waals surface area contributed by atoms with Gasteiger partial charge in [0.15, 0.2) is 0 Å². The Morgan fingerprint density at radius 2 is 2.29 bits per heavy atom. The molecule has 2 heterocycles. The lowest BCUT2D eigenvalue weighted by atomic mass is 10.2. The van der Waals surface area contributed by atoms with Crippen molar-refractivity contribution in [2.75, 3.05) is 26.4 Å². The van der Waals surface area contributed by atoms with Crippen LogP contribution in [0.15, 0.2) is 17.4 Å². The van der Waals surface area contributed by atoms with Crippen molar-refractivity contribution in [1.29, 1.82) is 0 Å². The summed E-state index contributed by atoms with van der Waals surface area (Å²) in [5, 5.41) is 4.56. The molecule has 0 spiro atoms. The van der Waals surface area contributed by atoms with Crippen molar-refractivity contribution in [2.45, 2.75) is 30.5 Å². The van der Waals surface area contributed by atoms with Crippen LogP contribution in [0.5, 0.6) is 0 Å². The Morgan fingerprint density at radius 1 is 1.47 bits per heavy atom. The number of thioether (sulfide) groups is 1. The first-order valence-electron chi connectivity index (χ1n) is 6.05. The van der Waals surface area contributed by atoms with E-state index in [1.807, 2.05) is 6.26 Å². The minimum atomic E-state index is 0.648. The Bertz CT molecular complexity index is 352. The van der Waals surface area contributed by atoms with E-state index in [1.54, 1.807) is 24.2 Å². The van der Waals surface area contributed by atoms with Gasteiger partial charge in [0.1, 0.15) is 5.03 Å². The summed E-state index contributed by atoms with van der Waals surface area (Å²) in [5.41, 5.74) is 1.08. The van der Waals surface area contributed by atoms with Gasteiger partial charge in [0.05, 0.1) is 5.69 Å². The van der Waals surface area contributed by atoms with Crippen molar-refractivity contribution in [1.82, 2.24) is 20.2 Å². The molecule has 94 valence electrons. The lowest BCUT2D eigenvalue weighted by Gasteiger charge is -2.21. The van der Waals surface area contributed by atoms with Gasteiger partial charge in [-0.1, -0.05) is 0 Å². The molecule has 0 radical (unpaired) electrons. The Labute approximate surface area is 107 Å². The molecular formula is C12H20N4S. The smallest absolute Gasteiger partial charge is 0.119 e. The summed E-state index contributed by atoms with van der Waals surface area (Å²) in [6, 6.07) is 0.648.